The average molecular weight is 270 g/mol. The molecule has 80 valence electrons. The van der Waals surface area contributed by atoms with Gasteiger partial charge in [0.2, 0.25) is 0 Å². The van der Waals surface area contributed by atoms with E-state index >= 15 is 0 Å². The number of nitrogens with zero attached hydrogens (tertiary/aromatic N) is 1. The molecule has 0 atom stereocenters. The molecule has 0 radical (unpaired) electrons. The molecular weight excluding hydrogens is 258 g/mol. The second-order valence-corrected chi connectivity index (χ2v) is 4.38. The van der Waals surface area contributed by atoms with Crippen LogP contribution in [0.1, 0.15) is 12.8 Å². The zero-order valence-corrected chi connectivity index (χ0v) is 10.0. The van der Waals surface area contributed by atoms with E-state index < -0.39 is 0 Å². The van der Waals surface area contributed by atoms with Gasteiger partial charge in [-0.2, -0.15) is 0 Å². The van der Waals surface area contributed by atoms with Gasteiger partial charge in [-0.15, -0.1) is 0 Å². The third-order valence-corrected chi connectivity index (χ3v) is 3.07. The summed E-state index contributed by atoms with van der Waals surface area (Å²) in [7, 11) is 1.41. The lowest BCUT2D eigenvalue weighted by Crippen LogP contribution is -2.33. The quantitative estimate of drug-likeness (QED) is 0.826. The number of ether oxygens (including phenoxy) is 1. The predicted octanol–water partition coefficient (Wildman–Crippen LogP) is 3.18. The first kappa shape index (κ1) is 10.5. The van der Waals surface area contributed by atoms with Gasteiger partial charge in [0.15, 0.2) is 0 Å². The molecule has 0 aliphatic heterocycles. The molecule has 4 heteroatoms. The lowest BCUT2D eigenvalue weighted by molar-refractivity contribution is 0.178. The number of halogens is 1. The van der Waals surface area contributed by atoms with Gasteiger partial charge < -0.3 is 4.74 Å². The highest BCUT2D eigenvalue weighted by molar-refractivity contribution is 9.10. The van der Waals surface area contributed by atoms with Crippen LogP contribution in [-0.2, 0) is 4.74 Å². The summed E-state index contributed by atoms with van der Waals surface area (Å²) in [6.07, 6.45) is 1.82. The number of carbonyl (C=O) groups is 1. The Morgan fingerprint density at radius 2 is 2.13 bits per heavy atom. The highest BCUT2D eigenvalue weighted by Gasteiger charge is 2.35. The van der Waals surface area contributed by atoms with E-state index in [2.05, 4.69) is 15.9 Å². The third kappa shape index (κ3) is 2.15. The summed E-state index contributed by atoms with van der Waals surface area (Å²) in [5.74, 6) is 0. The molecule has 0 bridgehead atoms. The van der Waals surface area contributed by atoms with Crippen LogP contribution in [0.15, 0.2) is 28.7 Å². The van der Waals surface area contributed by atoms with Crippen LogP contribution in [0.2, 0.25) is 0 Å². The molecule has 1 saturated carbocycles. The second-order valence-electron chi connectivity index (χ2n) is 3.52. The van der Waals surface area contributed by atoms with Crippen LogP contribution in [0.3, 0.4) is 0 Å². The van der Waals surface area contributed by atoms with Crippen LogP contribution in [0.25, 0.3) is 0 Å². The van der Waals surface area contributed by atoms with Gasteiger partial charge in [-0.1, -0.05) is 12.1 Å². The van der Waals surface area contributed by atoms with Crippen molar-refractivity contribution in [1.29, 1.82) is 0 Å². The summed E-state index contributed by atoms with van der Waals surface area (Å²) in [6, 6.07) is 7.98. The van der Waals surface area contributed by atoms with E-state index in [4.69, 9.17) is 4.74 Å². The minimum Gasteiger partial charge on any atom is -0.452 e. The van der Waals surface area contributed by atoms with E-state index in [0.29, 0.717) is 6.04 Å². The standard InChI is InChI=1S/C11H12BrNO2/c1-15-11(14)13(8-6-7-8)10-5-3-2-4-9(10)12/h2-5,8H,6-7H2,1H3. The maximum Gasteiger partial charge on any atom is 0.414 e. The van der Waals surface area contributed by atoms with Gasteiger partial charge >= 0.3 is 6.09 Å². The highest BCUT2D eigenvalue weighted by atomic mass is 79.9. The summed E-state index contributed by atoms with van der Waals surface area (Å²) >= 11 is 3.44. The minimum absolute atomic E-state index is 0.288. The van der Waals surface area contributed by atoms with Gasteiger partial charge in [0.1, 0.15) is 0 Å². The molecule has 1 amide bonds. The molecule has 1 aliphatic carbocycles. The number of para-hydroxylation sites is 1. The number of amides is 1. The molecule has 15 heavy (non-hydrogen) atoms. The fourth-order valence-electron chi connectivity index (χ4n) is 1.52. The number of benzene rings is 1. The van der Waals surface area contributed by atoms with E-state index in [-0.39, 0.29) is 6.09 Å². The number of rotatable bonds is 2. The van der Waals surface area contributed by atoms with Gasteiger partial charge in [-0.05, 0) is 40.9 Å². The van der Waals surface area contributed by atoms with E-state index in [1.807, 2.05) is 24.3 Å². The second kappa shape index (κ2) is 4.23. The fraction of sp³-hybridized carbons (Fsp3) is 0.364. The largest absolute Gasteiger partial charge is 0.452 e. The van der Waals surface area contributed by atoms with Gasteiger partial charge in [-0.25, -0.2) is 4.79 Å². The molecule has 0 heterocycles. The van der Waals surface area contributed by atoms with Crippen molar-refractivity contribution in [2.75, 3.05) is 12.0 Å². The van der Waals surface area contributed by atoms with Crippen LogP contribution in [-0.4, -0.2) is 19.2 Å². The molecule has 1 fully saturated rings. The lowest BCUT2D eigenvalue weighted by Gasteiger charge is -2.21. The first-order chi connectivity index (χ1) is 7.24. The SMILES string of the molecule is COC(=O)N(c1ccccc1Br)C1CC1. The van der Waals surface area contributed by atoms with E-state index in [9.17, 15) is 4.79 Å². The number of hydrogen-bond acceptors (Lipinski definition) is 2. The van der Waals surface area contributed by atoms with Crippen LogP contribution < -0.4 is 4.90 Å². The Hall–Kier alpha value is -1.03. The van der Waals surface area contributed by atoms with Gasteiger partial charge in [0.25, 0.3) is 0 Å². The van der Waals surface area contributed by atoms with Crippen molar-refractivity contribution < 1.29 is 9.53 Å². The molecule has 3 nitrogen and oxygen atoms in total. The maximum atomic E-state index is 11.6. The van der Waals surface area contributed by atoms with Crippen molar-refractivity contribution in [2.24, 2.45) is 0 Å². The van der Waals surface area contributed by atoms with E-state index in [0.717, 1.165) is 23.0 Å². The summed E-state index contributed by atoms with van der Waals surface area (Å²) in [5.41, 5.74) is 0.881. The number of anilines is 1. The Labute approximate surface area is 97.2 Å². The molecule has 0 N–H and O–H groups in total. The van der Waals surface area contributed by atoms with Gasteiger partial charge in [-0.3, -0.25) is 4.90 Å². The molecule has 2 rings (SSSR count). The Bertz CT molecular complexity index is 377. The molecule has 0 aromatic heterocycles. The van der Waals surface area contributed by atoms with Crippen molar-refractivity contribution in [2.45, 2.75) is 18.9 Å². The van der Waals surface area contributed by atoms with E-state index in [1.54, 1.807) is 4.90 Å². The normalized spacial score (nSPS) is 14.8. The van der Waals surface area contributed by atoms with Gasteiger partial charge in [0, 0.05) is 10.5 Å². The summed E-state index contributed by atoms with van der Waals surface area (Å²) in [4.78, 5) is 13.3. The molecule has 0 saturated heterocycles. The van der Waals surface area contributed by atoms with Crippen LogP contribution >= 0.6 is 15.9 Å². The summed E-state index contributed by atoms with van der Waals surface area (Å²) in [5, 5.41) is 0. The Kier molecular flexibility index (Phi) is 2.95. The van der Waals surface area contributed by atoms with Crippen LogP contribution in [0.5, 0.6) is 0 Å². The molecule has 0 unspecified atom stereocenters. The van der Waals surface area contributed by atoms with Crippen LogP contribution in [0.4, 0.5) is 10.5 Å². The molecule has 1 aromatic carbocycles. The van der Waals surface area contributed by atoms with E-state index in [1.165, 1.54) is 7.11 Å². The first-order valence-electron chi connectivity index (χ1n) is 4.85. The number of methoxy groups -OCH3 is 1. The summed E-state index contributed by atoms with van der Waals surface area (Å²) in [6.45, 7) is 0. The van der Waals surface area contributed by atoms with Crippen molar-refractivity contribution >= 4 is 27.7 Å². The Morgan fingerprint density at radius 3 is 2.67 bits per heavy atom. The van der Waals surface area contributed by atoms with Gasteiger partial charge in [0.05, 0.1) is 12.8 Å². The van der Waals surface area contributed by atoms with Crippen molar-refractivity contribution in [3.05, 3.63) is 28.7 Å². The summed E-state index contributed by atoms with van der Waals surface area (Å²) < 4.78 is 5.71. The monoisotopic (exact) mass is 269 g/mol. The third-order valence-electron chi connectivity index (χ3n) is 2.40. The number of hydrogen-bond donors (Lipinski definition) is 0. The maximum absolute atomic E-state index is 11.6. The molecule has 0 spiro atoms. The van der Waals surface area contributed by atoms with Crippen molar-refractivity contribution in [1.82, 2.24) is 0 Å². The fourth-order valence-corrected chi connectivity index (χ4v) is 2.00. The smallest absolute Gasteiger partial charge is 0.414 e. The van der Waals surface area contributed by atoms with Crippen molar-refractivity contribution in [3.63, 3.8) is 0 Å². The lowest BCUT2D eigenvalue weighted by atomic mass is 10.3. The Balaban J connectivity index is 2.32. The minimum atomic E-state index is -0.288. The highest BCUT2D eigenvalue weighted by Crippen LogP contribution is 2.35. The first-order valence-corrected chi connectivity index (χ1v) is 5.65. The zero-order valence-electron chi connectivity index (χ0n) is 8.44. The molecule has 1 aromatic rings. The molecular formula is C11H12BrNO2. The van der Waals surface area contributed by atoms with Crippen LogP contribution in [0, 0.1) is 0 Å². The zero-order chi connectivity index (χ0) is 10.8. The number of carbonyl (C=O) groups excluding carboxylic acids is 1. The average Bonchev–Trinajstić information content (AvgIpc) is 3.05. The Morgan fingerprint density at radius 1 is 1.47 bits per heavy atom. The topological polar surface area (TPSA) is 29.5 Å². The van der Waals surface area contributed by atoms with Crippen molar-refractivity contribution in [3.8, 4) is 0 Å². The molecule has 1 aliphatic rings. The predicted molar refractivity (Wildman–Crippen MR) is 62.0 cm³/mol.